The molecule has 2 heterocycles. The molecular formula is C13H22N4O2S. The lowest BCUT2D eigenvalue weighted by molar-refractivity contribution is -0.133. The smallest absolute Gasteiger partial charge is 0.313 e. The van der Waals surface area contributed by atoms with E-state index in [9.17, 15) is 4.79 Å². The fraction of sp³-hybridized carbons (Fsp3) is 0.769. The van der Waals surface area contributed by atoms with Gasteiger partial charge in [-0.05, 0) is 45.3 Å². The number of thioether (sulfide) groups is 1. The third-order valence-electron chi connectivity index (χ3n) is 3.82. The van der Waals surface area contributed by atoms with Crippen molar-refractivity contribution in [3.05, 3.63) is 5.82 Å². The summed E-state index contributed by atoms with van der Waals surface area (Å²) in [7, 11) is 0. The number of carboxylic acids is 1. The average Bonchev–Trinajstić information content (AvgIpc) is 2.78. The highest BCUT2D eigenvalue weighted by molar-refractivity contribution is 7.99. The first-order valence-corrected chi connectivity index (χ1v) is 8.05. The zero-order valence-electron chi connectivity index (χ0n) is 12.1. The van der Waals surface area contributed by atoms with Gasteiger partial charge in [0, 0.05) is 6.54 Å². The molecule has 0 spiro atoms. The number of carbonyl (C=O) groups is 1. The van der Waals surface area contributed by atoms with Crippen LogP contribution in [0.5, 0.6) is 0 Å². The number of piperidine rings is 1. The SMILES string of the molecule is CCN1CCC(Cn2c(C)nnc2SCC(=O)O)CC1. The van der Waals surface area contributed by atoms with Crippen LogP contribution >= 0.6 is 11.8 Å². The Morgan fingerprint density at radius 1 is 1.40 bits per heavy atom. The summed E-state index contributed by atoms with van der Waals surface area (Å²) in [4.78, 5) is 13.1. The van der Waals surface area contributed by atoms with E-state index in [-0.39, 0.29) is 5.75 Å². The predicted octanol–water partition coefficient (Wildman–Crippen LogP) is 1.50. The maximum absolute atomic E-state index is 10.7. The number of hydrogen-bond acceptors (Lipinski definition) is 5. The van der Waals surface area contributed by atoms with E-state index < -0.39 is 5.97 Å². The predicted molar refractivity (Wildman–Crippen MR) is 78.0 cm³/mol. The van der Waals surface area contributed by atoms with Crippen LogP contribution in [0.2, 0.25) is 0 Å². The Hall–Kier alpha value is -1.08. The van der Waals surface area contributed by atoms with Gasteiger partial charge in [-0.25, -0.2) is 0 Å². The second-order valence-corrected chi connectivity index (χ2v) is 6.14. The molecule has 0 radical (unpaired) electrons. The van der Waals surface area contributed by atoms with E-state index in [2.05, 4.69) is 26.6 Å². The molecule has 1 aliphatic rings. The molecule has 1 fully saturated rings. The quantitative estimate of drug-likeness (QED) is 0.802. The molecule has 0 bridgehead atoms. The standard InChI is InChI=1S/C13H22N4O2S/c1-3-16-6-4-11(5-7-16)8-17-10(2)14-15-13(17)20-9-12(18)19/h11H,3-9H2,1-2H3,(H,18,19). The number of rotatable bonds is 6. The van der Waals surface area contributed by atoms with Crippen molar-refractivity contribution in [1.82, 2.24) is 19.7 Å². The number of carboxylic acid groups (broad SMARTS) is 1. The molecule has 0 aromatic carbocycles. The lowest BCUT2D eigenvalue weighted by Gasteiger charge is -2.31. The number of nitrogens with zero attached hydrogens (tertiary/aromatic N) is 4. The minimum Gasteiger partial charge on any atom is -0.481 e. The Morgan fingerprint density at radius 2 is 2.10 bits per heavy atom. The highest BCUT2D eigenvalue weighted by atomic mass is 32.2. The summed E-state index contributed by atoms with van der Waals surface area (Å²) in [6.45, 7) is 8.46. The first-order valence-electron chi connectivity index (χ1n) is 7.07. The van der Waals surface area contributed by atoms with Gasteiger partial charge in [0.15, 0.2) is 5.16 Å². The minimum atomic E-state index is -0.821. The third-order valence-corrected chi connectivity index (χ3v) is 4.77. The molecule has 1 N–H and O–H groups in total. The fourth-order valence-corrected chi connectivity index (χ4v) is 3.26. The van der Waals surface area contributed by atoms with Crippen molar-refractivity contribution in [3.8, 4) is 0 Å². The Balaban J connectivity index is 1.95. The maximum atomic E-state index is 10.7. The van der Waals surface area contributed by atoms with E-state index in [0.29, 0.717) is 5.92 Å². The van der Waals surface area contributed by atoms with Gasteiger partial charge in [-0.15, -0.1) is 10.2 Å². The van der Waals surface area contributed by atoms with Crippen LogP contribution in [0.4, 0.5) is 0 Å². The monoisotopic (exact) mass is 298 g/mol. The van der Waals surface area contributed by atoms with Crippen LogP contribution in [0.15, 0.2) is 5.16 Å². The van der Waals surface area contributed by atoms with Crippen molar-refractivity contribution in [2.24, 2.45) is 5.92 Å². The summed E-state index contributed by atoms with van der Waals surface area (Å²) in [5.41, 5.74) is 0. The highest BCUT2D eigenvalue weighted by Crippen LogP contribution is 2.23. The molecule has 6 nitrogen and oxygen atoms in total. The molecule has 0 atom stereocenters. The van der Waals surface area contributed by atoms with Crippen LogP contribution in [0, 0.1) is 12.8 Å². The van der Waals surface area contributed by atoms with Gasteiger partial charge in [0.25, 0.3) is 0 Å². The van der Waals surface area contributed by atoms with Gasteiger partial charge in [-0.3, -0.25) is 4.79 Å². The average molecular weight is 298 g/mol. The Morgan fingerprint density at radius 3 is 2.70 bits per heavy atom. The molecule has 112 valence electrons. The summed E-state index contributed by atoms with van der Waals surface area (Å²) < 4.78 is 2.07. The van der Waals surface area contributed by atoms with E-state index in [1.165, 1.54) is 24.6 Å². The number of hydrogen-bond donors (Lipinski definition) is 1. The van der Waals surface area contributed by atoms with Gasteiger partial charge in [-0.1, -0.05) is 18.7 Å². The van der Waals surface area contributed by atoms with Crippen molar-refractivity contribution >= 4 is 17.7 Å². The molecule has 0 aliphatic carbocycles. The molecule has 0 saturated carbocycles. The second kappa shape index (κ2) is 7.08. The van der Waals surface area contributed by atoms with Gasteiger partial charge < -0.3 is 14.6 Å². The third kappa shape index (κ3) is 3.96. The van der Waals surface area contributed by atoms with Crippen LogP contribution in [0.3, 0.4) is 0 Å². The first-order chi connectivity index (χ1) is 9.60. The second-order valence-electron chi connectivity index (χ2n) is 5.20. The van der Waals surface area contributed by atoms with E-state index >= 15 is 0 Å². The van der Waals surface area contributed by atoms with Crippen LogP contribution in [0.25, 0.3) is 0 Å². The number of likely N-dealkylation sites (tertiary alicyclic amines) is 1. The minimum absolute atomic E-state index is 0.0341. The molecule has 7 heteroatoms. The molecule has 1 aromatic heterocycles. The molecule has 1 saturated heterocycles. The molecule has 2 rings (SSSR count). The number of aliphatic carboxylic acids is 1. The fourth-order valence-electron chi connectivity index (χ4n) is 2.55. The largest absolute Gasteiger partial charge is 0.481 e. The topological polar surface area (TPSA) is 71.2 Å². The van der Waals surface area contributed by atoms with Crippen LogP contribution < -0.4 is 0 Å². The molecule has 0 unspecified atom stereocenters. The molecule has 20 heavy (non-hydrogen) atoms. The molecular weight excluding hydrogens is 276 g/mol. The van der Waals surface area contributed by atoms with Crippen LogP contribution in [-0.4, -0.2) is 56.1 Å². The lowest BCUT2D eigenvalue weighted by atomic mass is 9.97. The van der Waals surface area contributed by atoms with Crippen LogP contribution in [-0.2, 0) is 11.3 Å². The molecule has 0 amide bonds. The Kier molecular flexibility index (Phi) is 5.42. The van der Waals surface area contributed by atoms with Gasteiger partial charge in [0.05, 0.1) is 5.75 Å². The summed E-state index contributed by atoms with van der Waals surface area (Å²) in [6, 6.07) is 0. The lowest BCUT2D eigenvalue weighted by Crippen LogP contribution is -2.34. The van der Waals surface area contributed by atoms with Crippen molar-refractivity contribution in [2.45, 2.75) is 38.4 Å². The number of aromatic nitrogens is 3. The van der Waals surface area contributed by atoms with Crippen LogP contribution in [0.1, 0.15) is 25.6 Å². The first kappa shape index (κ1) is 15.3. The molecule has 1 aromatic rings. The van der Waals surface area contributed by atoms with Gasteiger partial charge >= 0.3 is 5.97 Å². The zero-order chi connectivity index (χ0) is 14.5. The van der Waals surface area contributed by atoms with Gasteiger partial charge in [0.1, 0.15) is 5.82 Å². The summed E-state index contributed by atoms with van der Waals surface area (Å²) in [5.74, 6) is 0.720. The zero-order valence-corrected chi connectivity index (χ0v) is 12.9. The van der Waals surface area contributed by atoms with Crippen molar-refractivity contribution in [3.63, 3.8) is 0 Å². The maximum Gasteiger partial charge on any atom is 0.313 e. The van der Waals surface area contributed by atoms with Gasteiger partial charge in [-0.2, -0.15) is 0 Å². The summed E-state index contributed by atoms with van der Waals surface area (Å²) >= 11 is 1.25. The van der Waals surface area contributed by atoms with Gasteiger partial charge in [0.2, 0.25) is 0 Å². The van der Waals surface area contributed by atoms with Crippen molar-refractivity contribution in [1.29, 1.82) is 0 Å². The summed E-state index contributed by atoms with van der Waals surface area (Å²) in [6.07, 6.45) is 2.38. The Labute approximate surface area is 123 Å². The van der Waals surface area contributed by atoms with Crippen molar-refractivity contribution < 1.29 is 9.90 Å². The molecule has 1 aliphatic heterocycles. The normalized spacial score (nSPS) is 17.5. The highest BCUT2D eigenvalue weighted by Gasteiger charge is 2.21. The summed E-state index contributed by atoms with van der Waals surface area (Å²) in [5, 5.41) is 17.7. The van der Waals surface area contributed by atoms with E-state index in [1.54, 1.807) is 0 Å². The number of aryl methyl sites for hydroxylation is 1. The van der Waals surface area contributed by atoms with Crippen molar-refractivity contribution in [2.75, 3.05) is 25.4 Å². The Bertz CT molecular complexity index is 455. The van der Waals surface area contributed by atoms with E-state index in [4.69, 9.17) is 5.11 Å². The van der Waals surface area contributed by atoms with E-state index in [1.807, 2.05) is 6.92 Å². The van der Waals surface area contributed by atoms with E-state index in [0.717, 1.165) is 37.2 Å².